The topological polar surface area (TPSA) is 45.8 Å². The van der Waals surface area contributed by atoms with Gasteiger partial charge in [-0.1, -0.05) is 42.0 Å². The third-order valence-corrected chi connectivity index (χ3v) is 5.15. The second-order valence-corrected chi connectivity index (χ2v) is 7.14. The number of amides is 1. The van der Waals surface area contributed by atoms with Crippen molar-refractivity contribution in [3.63, 3.8) is 0 Å². The van der Waals surface area contributed by atoms with E-state index in [1.807, 2.05) is 55.5 Å². The summed E-state index contributed by atoms with van der Waals surface area (Å²) in [6.45, 7) is 2.05. The zero-order chi connectivity index (χ0) is 18.1. The number of furan rings is 1. The predicted molar refractivity (Wildman–Crippen MR) is 104 cm³/mol. The highest BCUT2D eigenvalue weighted by Crippen LogP contribution is 2.35. The van der Waals surface area contributed by atoms with Crippen LogP contribution in [0.15, 0.2) is 80.9 Å². The summed E-state index contributed by atoms with van der Waals surface area (Å²) in [6.07, 6.45) is 2.24. The van der Waals surface area contributed by atoms with Crippen LogP contribution in [-0.2, 0) is 0 Å². The molecule has 4 rings (SSSR count). The van der Waals surface area contributed by atoms with Gasteiger partial charge in [0.2, 0.25) is 0 Å². The molecule has 5 heteroatoms. The molecule has 0 unspecified atom stereocenters. The van der Waals surface area contributed by atoms with Crippen molar-refractivity contribution < 1.29 is 9.21 Å². The summed E-state index contributed by atoms with van der Waals surface area (Å²) in [5.74, 6) is 0.565. The number of carbonyl (C=O) groups excluding carboxylic acids is 1. The molecule has 0 bridgehead atoms. The maximum Gasteiger partial charge on any atom is 0.275 e. The van der Waals surface area contributed by atoms with Gasteiger partial charge in [-0.2, -0.15) is 5.10 Å². The monoisotopic (exact) mass is 408 g/mol. The molecule has 0 N–H and O–H groups in total. The van der Waals surface area contributed by atoms with E-state index < -0.39 is 0 Å². The Balaban J connectivity index is 1.76. The quantitative estimate of drug-likeness (QED) is 0.586. The fraction of sp³-hybridized carbons (Fsp3) is 0.143. The van der Waals surface area contributed by atoms with Crippen molar-refractivity contribution in [2.24, 2.45) is 5.10 Å². The van der Waals surface area contributed by atoms with E-state index in [-0.39, 0.29) is 11.9 Å². The lowest BCUT2D eigenvalue weighted by Gasteiger charge is -2.22. The van der Waals surface area contributed by atoms with E-state index in [1.165, 1.54) is 0 Å². The normalized spacial score (nSPS) is 16.6. The lowest BCUT2D eigenvalue weighted by Crippen LogP contribution is -2.27. The van der Waals surface area contributed by atoms with Crippen LogP contribution in [0, 0.1) is 6.92 Å². The van der Waals surface area contributed by atoms with Crippen molar-refractivity contribution in [1.29, 1.82) is 0 Å². The van der Waals surface area contributed by atoms with Gasteiger partial charge in [-0.15, -0.1) is 0 Å². The van der Waals surface area contributed by atoms with E-state index in [2.05, 4.69) is 27.1 Å². The Kier molecular flexibility index (Phi) is 4.47. The van der Waals surface area contributed by atoms with Gasteiger partial charge in [-0.25, -0.2) is 5.01 Å². The number of hydrogen-bond donors (Lipinski definition) is 0. The SMILES string of the molecule is Cc1cccc([C@@H]2CC(c3ccco3)=NN2C(=O)c2ccccc2Br)c1. The highest BCUT2D eigenvalue weighted by molar-refractivity contribution is 9.10. The predicted octanol–water partition coefficient (Wildman–Crippen LogP) is 5.34. The molecule has 0 spiro atoms. The molecular weight excluding hydrogens is 392 g/mol. The van der Waals surface area contributed by atoms with Crippen LogP contribution < -0.4 is 0 Å². The van der Waals surface area contributed by atoms with Crippen LogP contribution in [0.5, 0.6) is 0 Å². The van der Waals surface area contributed by atoms with Crippen LogP contribution >= 0.6 is 15.9 Å². The zero-order valence-corrected chi connectivity index (χ0v) is 15.8. The van der Waals surface area contributed by atoms with E-state index in [1.54, 1.807) is 17.3 Å². The third kappa shape index (κ3) is 3.10. The number of aryl methyl sites for hydroxylation is 1. The Morgan fingerprint density at radius 1 is 1.15 bits per heavy atom. The van der Waals surface area contributed by atoms with E-state index >= 15 is 0 Å². The van der Waals surface area contributed by atoms with Crippen LogP contribution in [0.2, 0.25) is 0 Å². The molecule has 0 saturated carbocycles. The molecule has 0 radical (unpaired) electrons. The van der Waals surface area contributed by atoms with E-state index in [0.717, 1.165) is 21.3 Å². The fourth-order valence-corrected chi connectivity index (χ4v) is 3.64. The Hall–Kier alpha value is -2.66. The van der Waals surface area contributed by atoms with Gasteiger partial charge in [-0.05, 0) is 52.7 Å². The first kappa shape index (κ1) is 16.8. The molecule has 1 aliphatic heterocycles. The number of halogens is 1. The number of benzene rings is 2. The molecule has 2 heterocycles. The first-order valence-corrected chi connectivity index (χ1v) is 9.19. The minimum atomic E-state index is -0.158. The summed E-state index contributed by atoms with van der Waals surface area (Å²) in [5, 5.41) is 6.20. The van der Waals surface area contributed by atoms with E-state index in [4.69, 9.17) is 4.42 Å². The molecule has 0 fully saturated rings. The Morgan fingerprint density at radius 2 is 2.00 bits per heavy atom. The number of hydrazone groups is 1. The molecule has 1 aromatic heterocycles. The van der Waals surface area contributed by atoms with Gasteiger partial charge in [0, 0.05) is 10.9 Å². The zero-order valence-electron chi connectivity index (χ0n) is 14.2. The van der Waals surface area contributed by atoms with Crippen molar-refractivity contribution >= 4 is 27.5 Å². The van der Waals surface area contributed by atoms with Gasteiger partial charge in [0.05, 0.1) is 17.9 Å². The summed E-state index contributed by atoms with van der Waals surface area (Å²) >= 11 is 3.47. The number of carbonyl (C=O) groups is 1. The van der Waals surface area contributed by atoms with Gasteiger partial charge >= 0.3 is 0 Å². The van der Waals surface area contributed by atoms with Crippen molar-refractivity contribution in [2.45, 2.75) is 19.4 Å². The van der Waals surface area contributed by atoms with Crippen LogP contribution in [-0.4, -0.2) is 16.6 Å². The number of rotatable bonds is 3. The van der Waals surface area contributed by atoms with E-state index in [0.29, 0.717) is 17.7 Å². The minimum absolute atomic E-state index is 0.134. The third-order valence-electron chi connectivity index (χ3n) is 4.46. The number of nitrogens with zero attached hydrogens (tertiary/aromatic N) is 2. The standard InChI is InChI=1S/C21H17BrN2O2/c1-14-6-4-7-15(12-14)19-13-18(20-10-5-11-26-20)23-24(19)21(25)16-8-2-3-9-17(16)22/h2-12,19H,13H2,1H3/t19-/m0/s1. The molecule has 1 aliphatic rings. The van der Waals surface area contributed by atoms with Crippen molar-refractivity contribution in [2.75, 3.05) is 0 Å². The van der Waals surface area contributed by atoms with E-state index in [9.17, 15) is 4.79 Å². The average Bonchev–Trinajstić information content (AvgIpc) is 3.31. The van der Waals surface area contributed by atoms with Gasteiger partial charge < -0.3 is 4.42 Å². The summed E-state index contributed by atoms with van der Waals surface area (Å²) in [6, 6.07) is 19.2. The summed E-state index contributed by atoms with van der Waals surface area (Å²) in [5.41, 5.74) is 3.59. The summed E-state index contributed by atoms with van der Waals surface area (Å²) in [7, 11) is 0. The highest BCUT2D eigenvalue weighted by Gasteiger charge is 2.35. The van der Waals surface area contributed by atoms with Gasteiger partial charge in [0.15, 0.2) is 0 Å². The lowest BCUT2D eigenvalue weighted by atomic mass is 9.99. The van der Waals surface area contributed by atoms with Crippen LogP contribution in [0.1, 0.15) is 39.7 Å². The second kappa shape index (κ2) is 6.92. The lowest BCUT2D eigenvalue weighted by molar-refractivity contribution is 0.0710. The average molecular weight is 409 g/mol. The van der Waals surface area contributed by atoms with Gasteiger partial charge in [0.25, 0.3) is 5.91 Å². The molecule has 1 atom stereocenters. The minimum Gasteiger partial charge on any atom is -0.463 e. The molecule has 130 valence electrons. The Morgan fingerprint density at radius 3 is 2.73 bits per heavy atom. The molecule has 26 heavy (non-hydrogen) atoms. The molecule has 0 aliphatic carbocycles. The highest BCUT2D eigenvalue weighted by atomic mass is 79.9. The molecule has 4 nitrogen and oxygen atoms in total. The largest absolute Gasteiger partial charge is 0.463 e. The maximum absolute atomic E-state index is 13.2. The first-order valence-electron chi connectivity index (χ1n) is 8.39. The van der Waals surface area contributed by atoms with Crippen molar-refractivity contribution in [3.05, 3.63) is 93.9 Å². The summed E-state index contributed by atoms with van der Waals surface area (Å²) < 4.78 is 6.26. The molecule has 0 saturated heterocycles. The Bertz CT molecular complexity index is 979. The molecule has 2 aromatic carbocycles. The molecular formula is C21H17BrN2O2. The Labute approximate surface area is 160 Å². The molecule has 1 amide bonds. The first-order chi connectivity index (χ1) is 12.6. The van der Waals surface area contributed by atoms with Crippen molar-refractivity contribution in [1.82, 2.24) is 5.01 Å². The van der Waals surface area contributed by atoms with Crippen LogP contribution in [0.4, 0.5) is 0 Å². The van der Waals surface area contributed by atoms with Gasteiger partial charge in [-0.3, -0.25) is 4.79 Å². The smallest absolute Gasteiger partial charge is 0.275 e. The maximum atomic E-state index is 13.2. The molecule has 3 aromatic rings. The van der Waals surface area contributed by atoms with Crippen LogP contribution in [0.3, 0.4) is 0 Å². The second-order valence-electron chi connectivity index (χ2n) is 6.29. The number of hydrogen-bond acceptors (Lipinski definition) is 3. The van der Waals surface area contributed by atoms with Crippen molar-refractivity contribution in [3.8, 4) is 0 Å². The van der Waals surface area contributed by atoms with Gasteiger partial charge in [0.1, 0.15) is 11.5 Å². The summed E-state index contributed by atoms with van der Waals surface area (Å²) in [4.78, 5) is 13.2. The van der Waals surface area contributed by atoms with Crippen LogP contribution in [0.25, 0.3) is 0 Å². The fourth-order valence-electron chi connectivity index (χ4n) is 3.18.